The average Bonchev–Trinajstić information content (AvgIpc) is 2.08. The van der Waals surface area contributed by atoms with Crippen LogP contribution in [-0.2, 0) is 0 Å². The molecule has 1 aromatic heterocycles. The fourth-order valence-electron chi connectivity index (χ4n) is 1.38. The maximum absolute atomic E-state index is 5.92. The molecule has 0 N–H and O–H groups in total. The predicted octanol–water partition coefficient (Wildman–Crippen LogP) is 3.51. The molecule has 0 saturated heterocycles. The van der Waals surface area contributed by atoms with Gasteiger partial charge in [0.15, 0.2) is 0 Å². The minimum absolute atomic E-state index is 0.594. The fourth-order valence-corrected chi connectivity index (χ4v) is 1.52. The van der Waals surface area contributed by atoms with Crippen molar-refractivity contribution in [1.82, 2.24) is 4.98 Å². The summed E-state index contributed by atoms with van der Waals surface area (Å²) in [5.74, 6) is 0. The summed E-state index contributed by atoms with van der Waals surface area (Å²) >= 11 is 5.92. The number of hydrogen-bond donors (Lipinski definition) is 0. The van der Waals surface area contributed by atoms with Crippen molar-refractivity contribution in [2.75, 3.05) is 0 Å². The summed E-state index contributed by atoms with van der Waals surface area (Å²) in [6, 6.07) is 8.22. The second-order valence-electron chi connectivity index (χ2n) is 3.29. The van der Waals surface area contributed by atoms with Gasteiger partial charge in [0.1, 0.15) is 5.15 Å². The van der Waals surface area contributed by atoms with Gasteiger partial charge in [-0.2, -0.15) is 0 Å². The lowest BCUT2D eigenvalue weighted by molar-refractivity contribution is 1.33. The molecule has 2 heteroatoms. The van der Waals surface area contributed by atoms with Gasteiger partial charge in [-0.05, 0) is 37.6 Å². The Bertz CT molecular complexity index is 463. The number of aromatic nitrogens is 1. The Morgan fingerprint density at radius 1 is 1.15 bits per heavy atom. The largest absolute Gasteiger partial charge is 0.236 e. The highest BCUT2D eigenvalue weighted by atomic mass is 35.5. The second kappa shape index (κ2) is 3.00. The number of halogens is 1. The van der Waals surface area contributed by atoms with Crippen LogP contribution in [0, 0.1) is 13.8 Å². The molecule has 1 nitrogen and oxygen atoms in total. The maximum atomic E-state index is 5.92. The van der Waals surface area contributed by atoms with E-state index >= 15 is 0 Å². The molecule has 0 amide bonds. The molecule has 1 aromatic carbocycles. The molecule has 1 heterocycles. The Balaban J connectivity index is 2.81. The van der Waals surface area contributed by atoms with E-state index in [-0.39, 0.29) is 0 Å². The van der Waals surface area contributed by atoms with Gasteiger partial charge < -0.3 is 0 Å². The topological polar surface area (TPSA) is 12.9 Å². The smallest absolute Gasteiger partial charge is 0.132 e. The SMILES string of the molecule is Cc1ccc2nc(Cl)c(C)cc2c1. The number of rotatable bonds is 0. The van der Waals surface area contributed by atoms with E-state index in [0.717, 1.165) is 16.5 Å². The number of hydrogen-bond acceptors (Lipinski definition) is 1. The van der Waals surface area contributed by atoms with E-state index < -0.39 is 0 Å². The zero-order valence-electron chi connectivity index (χ0n) is 7.63. The highest BCUT2D eigenvalue weighted by molar-refractivity contribution is 6.30. The molecule has 0 spiro atoms. The lowest BCUT2D eigenvalue weighted by atomic mass is 10.1. The van der Waals surface area contributed by atoms with E-state index in [1.165, 1.54) is 5.56 Å². The van der Waals surface area contributed by atoms with Crippen LogP contribution in [-0.4, -0.2) is 4.98 Å². The van der Waals surface area contributed by atoms with E-state index in [4.69, 9.17) is 11.6 Å². The van der Waals surface area contributed by atoms with Crippen LogP contribution < -0.4 is 0 Å². The van der Waals surface area contributed by atoms with E-state index in [9.17, 15) is 0 Å². The number of aryl methyl sites for hydroxylation is 2. The molecule has 0 aliphatic heterocycles. The first-order valence-corrected chi connectivity index (χ1v) is 4.58. The molecule has 0 radical (unpaired) electrons. The van der Waals surface area contributed by atoms with E-state index in [0.29, 0.717) is 5.15 Å². The first-order valence-electron chi connectivity index (χ1n) is 4.20. The summed E-state index contributed by atoms with van der Waals surface area (Å²) in [5.41, 5.74) is 3.23. The molecule has 0 unspecified atom stereocenters. The van der Waals surface area contributed by atoms with Crippen LogP contribution in [0.15, 0.2) is 24.3 Å². The van der Waals surface area contributed by atoms with Crippen molar-refractivity contribution in [3.05, 3.63) is 40.5 Å². The van der Waals surface area contributed by atoms with Gasteiger partial charge in [-0.1, -0.05) is 23.2 Å². The Hall–Kier alpha value is -1.08. The number of fused-ring (bicyclic) bond motifs is 1. The van der Waals surface area contributed by atoms with Gasteiger partial charge in [-0.25, -0.2) is 4.98 Å². The van der Waals surface area contributed by atoms with Crippen LogP contribution in [0.25, 0.3) is 10.9 Å². The highest BCUT2D eigenvalue weighted by Crippen LogP contribution is 2.20. The average molecular weight is 192 g/mol. The Kier molecular flexibility index (Phi) is 1.97. The second-order valence-corrected chi connectivity index (χ2v) is 3.65. The normalized spacial score (nSPS) is 10.7. The van der Waals surface area contributed by atoms with Crippen molar-refractivity contribution >= 4 is 22.5 Å². The standard InChI is InChI=1S/C11H10ClN/c1-7-3-4-10-9(5-7)6-8(2)11(12)13-10/h3-6H,1-2H3. The first-order chi connectivity index (χ1) is 6.16. The molecule has 0 aliphatic rings. The minimum atomic E-state index is 0.594. The van der Waals surface area contributed by atoms with Gasteiger partial charge in [0.2, 0.25) is 0 Å². The highest BCUT2D eigenvalue weighted by Gasteiger charge is 2.00. The number of benzene rings is 1. The van der Waals surface area contributed by atoms with Gasteiger partial charge >= 0.3 is 0 Å². The summed E-state index contributed by atoms with van der Waals surface area (Å²) in [4.78, 5) is 4.28. The number of nitrogens with zero attached hydrogens (tertiary/aromatic N) is 1. The number of pyridine rings is 1. The van der Waals surface area contributed by atoms with Crippen LogP contribution in [0.2, 0.25) is 5.15 Å². The lowest BCUT2D eigenvalue weighted by Gasteiger charge is -2.01. The molecule has 0 fully saturated rings. The van der Waals surface area contributed by atoms with Crippen molar-refractivity contribution < 1.29 is 0 Å². The van der Waals surface area contributed by atoms with Crippen LogP contribution >= 0.6 is 11.6 Å². The summed E-state index contributed by atoms with van der Waals surface area (Å²) in [6.45, 7) is 4.04. The van der Waals surface area contributed by atoms with Gasteiger partial charge in [-0.3, -0.25) is 0 Å². The molecule has 0 aliphatic carbocycles. The summed E-state index contributed by atoms with van der Waals surface area (Å²) in [5, 5.41) is 1.75. The molecule has 0 saturated carbocycles. The van der Waals surface area contributed by atoms with E-state index in [1.54, 1.807) is 0 Å². The van der Waals surface area contributed by atoms with Crippen LogP contribution in [0.4, 0.5) is 0 Å². The van der Waals surface area contributed by atoms with Crippen molar-refractivity contribution in [3.63, 3.8) is 0 Å². The summed E-state index contributed by atoms with van der Waals surface area (Å²) in [6.07, 6.45) is 0. The van der Waals surface area contributed by atoms with Crippen molar-refractivity contribution in [2.45, 2.75) is 13.8 Å². The monoisotopic (exact) mass is 191 g/mol. The lowest BCUT2D eigenvalue weighted by Crippen LogP contribution is -1.84. The Labute approximate surface area is 82.4 Å². The third-order valence-electron chi connectivity index (χ3n) is 2.10. The van der Waals surface area contributed by atoms with Gasteiger partial charge in [0.25, 0.3) is 0 Å². The third-order valence-corrected chi connectivity index (χ3v) is 2.48. The maximum Gasteiger partial charge on any atom is 0.132 e. The molecule has 0 atom stereocenters. The van der Waals surface area contributed by atoms with Gasteiger partial charge in [-0.15, -0.1) is 0 Å². The van der Waals surface area contributed by atoms with Crippen molar-refractivity contribution in [2.24, 2.45) is 0 Å². The quantitative estimate of drug-likeness (QED) is 0.581. The Morgan fingerprint density at radius 3 is 2.69 bits per heavy atom. The molecule has 2 rings (SSSR count). The molecular formula is C11H10ClN. The first kappa shape index (κ1) is 8.52. The zero-order chi connectivity index (χ0) is 9.42. The van der Waals surface area contributed by atoms with Crippen LogP contribution in [0.1, 0.15) is 11.1 Å². The zero-order valence-corrected chi connectivity index (χ0v) is 8.39. The molecule has 13 heavy (non-hydrogen) atoms. The van der Waals surface area contributed by atoms with Crippen LogP contribution in [0.5, 0.6) is 0 Å². The third kappa shape index (κ3) is 1.52. The fraction of sp³-hybridized carbons (Fsp3) is 0.182. The molecule has 0 bridgehead atoms. The predicted molar refractivity (Wildman–Crippen MR) is 56.2 cm³/mol. The van der Waals surface area contributed by atoms with Gasteiger partial charge in [0.05, 0.1) is 5.52 Å². The van der Waals surface area contributed by atoms with E-state index in [2.05, 4.69) is 24.0 Å². The van der Waals surface area contributed by atoms with Crippen molar-refractivity contribution in [3.8, 4) is 0 Å². The van der Waals surface area contributed by atoms with E-state index in [1.807, 2.05) is 19.1 Å². The van der Waals surface area contributed by atoms with Crippen LogP contribution in [0.3, 0.4) is 0 Å². The summed E-state index contributed by atoms with van der Waals surface area (Å²) < 4.78 is 0. The molecule has 66 valence electrons. The molecule has 2 aromatic rings. The molecular weight excluding hydrogens is 182 g/mol. The Morgan fingerprint density at radius 2 is 1.92 bits per heavy atom. The van der Waals surface area contributed by atoms with Crippen molar-refractivity contribution in [1.29, 1.82) is 0 Å². The summed E-state index contributed by atoms with van der Waals surface area (Å²) in [7, 11) is 0. The van der Waals surface area contributed by atoms with Gasteiger partial charge in [0, 0.05) is 5.39 Å². The minimum Gasteiger partial charge on any atom is -0.236 e.